The van der Waals surface area contributed by atoms with Crippen molar-refractivity contribution in [1.82, 2.24) is 10.2 Å². The highest BCUT2D eigenvalue weighted by Crippen LogP contribution is 2.27. The molecular formula is C14H21BrN2. The standard InChI is InChI=1S/C14H21BrN2/c1-2-4-14(17-9-7-16-8-10-17)12-5-3-6-13(15)11-12/h3,5-6,11,14,16H,2,4,7-10H2,1H3/t14-/m0/s1. The highest BCUT2D eigenvalue weighted by Gasteiger charge is 2.21. The number of hydrogen-bond donors (Lipinski definition) is 1. The molecule has 0 unspecified atom stereocenters. The van der Waals surface area contributed by atoms with Crippen LogP contribution in [-0.4, -0.2) is 31.1 Å². The molecule has 0 spiro atoms. The minimum Gasteiger partial charge on any atom is -0.314 e. The van der Waals surface area contributed by atoms with Gasteiger partial charge < -0.3 is 5.32 Å². The first-order chi connectivity index (χ1) is 8.31. The summed E-state index contributed by atoms with van der Waals surface area (Å²) in [5.74, 6) is 0. The molecule has 0 radical (unpaired) electrons. The predicted octanol–water partition coefficient (Wildman–Crippen LogP) is 3.20. The maximum Gasteiger partial charge on any atom is 0.0349 e. The quantitative estimate of drug-likeness (QED) is 0.918. The zero-order valence-electron chi connectivity index (χ0n) is 10.5. The van der Waals surface area contributed by atoms with Crippen LogP contribution in [0.2, 0.25) is 0 Å². The third-order valence-corrected chi connectivity index (χ3v) is 3.88. The second-order valence-corrected chi connectivity index (χ2v) is 5.56. The largest absolute Gasteiger partial charge is 0.314 e. The van der Waals surface area contributed by atoms with Crippen molar-refractivity contribution in [2.45, 2.75) is 25.8 Å². The van der Waals surface area contributed by atoms with Gasteiger partial charge in [-0.15, -0.1) is 0 Å². The fourth-order valence-corrected chi connectivity index (χ4v) is 2.96. The lowest BCUT2D eigenvalue weighted by Gasteiger charge is -2.35. The fourth-order valence-electron chi connectivity index (χ4n) is 2.54. The molecule has 1 heterocycles. The molecule has 1 N–H and O–H groups in total. The van der Waals surface area contributed by atoms with E-state index in [1.54, 1.807) is 0 Å². The molecule has 1 fully saturated rings. The smallest absolute Gasteiger partial charge is 0.0349 e. The summed E-state index contributed by atoms with van der Waals surface area (Å²) in [5, 5.41) is 3.42. The van der Waals surface area contributed by atoms with E-state index in [0.29, 0.717) is 6.04 Å². The van der Waals surface area contributed by atoms with Gasteiger partial charge in [0, 0.05) is 36.7 Å². The van der Waals surface area contributed by atoms with Gasteiger partial charge in [0.1, 0.15) is 0 Å². The number of rotatable bonds is 4. The van der Waals surface area contributed by atoms with Crippen molar-refractivity contribution >= 4 is 15.9 Å². The number of benzene rings is 1. The van der Waals surface area contributed by atoms with Crippen LogP contribution < -0.4 is 5.32 Å². The highest BCUT2D eigenvalue weighted by molar-refractivity contribution is 9.10. The molecule has 94 valence electrons. The molecule has 0 aliphatic carbocycles. The summed E-state index contributed by atoms with van der Waals surface area (Å²) in [6.07, 6.45) is 2.48. The van der Waals surface area contributed by atoms with Crippen LogP contribution in [0.3, 0.4) is 0 Å². The van der Waals surface area contributed by atoms with Crippen LogP contribution in [0.15, 0.2) is 28.7 Å². The Hall–Kier alpha value is -0.380. The Balaban J connectivity index is 2.15. The van der Waals surface area contributed by atoms with Gasteiger partial charge in [-0.25, -0.2) is 0 Å². The lowest BCUT2D eigenvalue weighted by atomic mass is 10.00. The fraction of sp³-hybridized carbons (Fsp3) is 0.571. The van der Waals surface area contributed by atoms with Crippen LogP contribution in [0.5, 0.6) is 0 Å². The molecule has 17 heavy (non-hydrogen) atoms. The molecule has 1 aromatic rings. The Morgan fingerprint density at radius 3 is 2.76 bits per heavy atom. The zero-order chi connectivity index (χ0) is 12.1. The molecule has 0 bridgehead atoms. The third kappa shape index (κ3) is 3.54. The van der Waals surface area contributed by atoms with E-state index in [1.807, 2.05) is 0 Å². The summed E-state index contributed by atoms with van der Waals surface area (Å²) in [6, 6.07) is 9.35. The summed E-state index contributed by atoms with van der Waals surface area (Å²) in [4.78, 5) is 2.61. The Bertz CT molecular complexity index is 348. The Labute approximate surface area is 113 Å². The lowest BCUT2D eigenvalue weighted by Crippen LogP contribution is -2.45. The molecule has 1 saturated heterocycles. The minimum atomic E-state index is 0.583. The number of hydrogen-bond acceptors (Lipinski definition) is 2. The summed E-state index contributed by atoms with van der Waals surface area (Å²) < 4.78 is 1.19. The zero-order valence-corrected chi connectivity index (χ0v) is 12.0. The molecule has 2 rings (SSSR count). The van der Waals surface area contributed by atoms with Crippen LogP contribution in [-0.2, 0) is 0 Å². The molecular weight excluding hydrogens is 276 g/mol. The van der Waals surface area contributed by atoms with E-state index < -0.39 is 0 Å². The highest BCUT2D eigenvalue weighted by atomic mass is 79.9. The predicted molar refractivity (Wildman–Crippen MR) is 76.2 cm³/mol. The van der Waals surface area contributed by atoms with Gasteiger partial charge in [0.2, 0.25) is 0 Å². The van der Waals surface area contributed by atoms with Gasteiger partial charge in [-0.3, -0.25) is 4.90 Å². The van der Waals surface area contributed by atoms with Crippen molar-refractivity contribution in [2.75, 3.05) is 26.2 Å². The van der Waals surface area contributed by atoms with Gasteiger partial charge in [-0.2, -0.15) is 0 Å². The van der Waals surface area contributed by atoms with E-state index in [1.165, 1.54) is 22.9 Å². The molecule has 2 nitrogen and oxygen atoms in total. The maximum absolute atomic E-state index is 3.57. The van der Waals surface area contributed by atoms with E-state index in [-0.39, 0.29) is 0 Å². The van der Waals surface area contributed by atoms with E-state index >= 15 is 0 Å². The second kappa shape index (κ2) is 6.53. The van der Waals surface area contributed by atoms with Crippen molar-refractivity contribution < 1.29 is 0 Å². The van der Waals surface area contributed by atoms with Crippen molar-refractivity contribution in [3.8, 4) is 0 Å². The van der Waals surface area contributed by atoms with Crippen LogP contribution in [0, 0.1) is 0 Å². The Morgan fingerprint density at radius 2 is 2.12 bits per heavy atom. The maximum atomic E-state index is 3.57. The normalized spacial score (nSPS) is 19.2. The Kier molecular flexibility index (Phi) is 5.01. The molecule has 0 aromatic heterocycles. The van der Waals surface area contributed by atoms with Gasteiger partial charge in [-0.1, -0.05) is 41.4 Å². The van der Waals surface area contributed by atoms with Gasteiger partial charge in [-0.05, 0) is 24.1 Å². The first-order valence-corrected chi connectivity index (χ1v) is 7.31. The van der Waals surface area contributed by atoms with Gasteiger partial charge in [0.25, 0.3) is 0 Å². The number of halogens is 1. The summed E-state index contributed by atoms with van der Waals surface area (Å²) in [7, 11) is 0. The Morgan fingerprint density at radius 1 is 1.35 bits per heavy atom. The van der Waals surface area contributed by atoms with Crippen molar-refractivity contribution in [3.63, 3.8) is 0 Å². The molecule has 1 aliphatic rings. The number of nitrogens with one attached hydrogen (secondary N) is 1. The van der Waals surface area contributed by atoms with E-state index in [4.69, 9.17) is 0 Å². The number of piperazine rings is 1. The first-order valence-electron chi connectivity index (χ1n) is 6.51. The van der Waals surface area contributed by atoms with E-state index in [0.717, 1.165) is 26.2 Å². The van der Waals surface area contributed by atoms with E-state index in [2.05, 4.69) is 57.3 Å². The van der Waals surface area contributed by atoms with Gasteiger partial charge in [0.05, 0.1) is 0 Å². The SMILES string of the molecule is CCC[C@@H](c1cccc(Br)c1)N1CCNCC1. The summed E-state index contributed by atoms with van der Waals surface area (Å²) in [5.41, 5.74) is 1.45. The third-order valence-electron chi connectivity index (χ3n) is 3.39. The van der Waals surface area contributed by atoms with Crippen LogP contribution in [0.4, 0.5) is 0 Å². The average Bonchev–Trinajstić information content (AvgIpc) is 2.37. The molecule has 0 saturated carbocycles. The summed E-state index contributed by atoms with van der Waals surface area (Å²) >= 11 is 3.57. The first kappa shape index (κ1) is 13.1. The van der Waals surface area contributed by atoms with Crippen molar-refractivity contribution in [3.05, 3.63) is 34.3 Å². The molecule has 1 atom stereocenters. The average molecular weight is 297 g/mol. The molecule has 3 heteroatoms. The molecule has 1 aromatic carbocycles. The molecule has 0 amide bonds. The van der Waals surface area contributed by atoms with Gasteiger partial charge in [0.15, 0.2) is 0 Å². The molecule has 1 aliphatic heterocycles. The topological polar surface area (TPSA) is 15.3 Å². The van der Waals surface area contributed by atoms with Gasteiger partial charge >= 0.3 is 0 Å². The minimum absolute atomic E-state index is 0.583. The van der Waals surface area contributed by atoms with Crippen molar-refractivity contribution in [1.29, 1.82) is 0 Å². The van der Waals surface area contributed by atoms with Crippen LogP contribution >= 0.6 is 15.9 Å². The monoisotopic (exact) mass is 296 g/mol. The number of nitrogens with zero attached hydrogens (tertiary/aromatic N) is 1. The van der Waals surface area contributed by atoms with Crippen molar-refractivity contribution in [2.24, 2.45) is 0 Å². The lowest BCUT2D eigenvalue weighted by molar-refractivity contribution is 0.164. The van der Waals surface area contributed by atoms with Crippen LogP contribution in [0.1, 0.15) is 31.4 Å². The van der Waals surface area contributed by atoms with E-state index in [9.17, 15) is 0 Å². The summed E-state index contributed by atoms with van der Waals surface area (Å²) in [6.45, 7) is 6.84. The van der Waals surface area contributed by atoms with Crippen LogP contribution in [0.25, 0.3) is 0 Å². The second-order valence-electron chi connectivity index (χ2n) is 4.65.